The Kier molecular flexibility index (Phi) is 3.25. The first-order valence-corrected chi connectivity index (χ1v) is 6.42. The second-order valence-electron chi connectivity index (χ2n) is 5.21. The van der Waals surface area contributed by atoms with Gasteiger partial charge in [0, 0.05) is 18.2 Å². The zero-order valence-electron chi connectivity index (χ0n) is 10.9. The van der Waals surface area contributed by atoms with Gasteiger partial charge in [0.2, 0.25) is 0 Å². The topological polar surface area (TPSA) is 114 Å². The zero-order valence-corrected chi connectivity index (χ0v) is 10.9. The SMILES string of the molecule is Cc1cn(C2CC3OCC(O2)C3C(O)O)c(=O)[nH]c1=O. The number of ether oxygens (including phenoxy) is 2. The van der Waals surface area contributed by atoms with E-state index in [0.29, 0.717) is 12.0 Å². The van der Waals surface area contributed by atoms with E-state index in [-0.39, 0.29) is 12.7 Å². The molecule has 110 valence electrons. The lowest BCUT2D eigenvalue weighted by Gasteiger charge is -2.35. The lowest BCUT2D eigenvalue weighted by atomic mass is 9.92. The van der Waals surface area contributed by atoms with E-state index in [9.17, 15) is 19.8 Å². The predicted molar refractivity (Wildman–Crippen MR) is 66.0 cm³/mol. The van der Waals surface area contributed by atoms with Crippen molar-refractivity contribution in [1.29, 1.82) is 0 Å². The average molecular weight is 284 g/mol. The summed E-state index contributed by atoms with van der Waals surface area (Å²) in [7, 11) is 0. The molecule has 8 nitrogen and oxygen atoms in total. The molecule has 0 radical (unpaired) electrons. The monoisotopic (exact) mass is 284 g/mol. The first kappa shape index (κ1) is 13.5. The van der Waals surface area contributed by atoms with Crippen LogP contribution in [0.15, 0.2) is 15.8 Å². The van der Waals surface area contributed by atoms with Crippen molar-refractivity contribution in [2.24, 2.45) is 5.92 Å². The molecule has 1 aromatic rings. The first-order valence-electron chi connectivity index (χ1n) is 6.42. The molecule has 0 spiro atoms. The number of nitrogens with one attached hydrogen (secondary N) is 1. The summed E-state index contributed by atoms with van der Waals surface area (Å²) in [6.07, 6.45) is -1.17. The Morgan fingerprint density at radius 1 is 1.40 bits per heavy atom. The van der Waals surface area contributed by atoms with Gasteiger partial charge in [0.15, 0.2) is 6.29 Å². The fourth-order valence-corrected chi connectivity index (χ4v) is 2.85. The van der Waals surface area contributed by atoms with Crippen LogP contribution in [0, 0.1) is 12.8 Å². The molecule has 8 heteroatoms. The van der Waals surface area contributed by atoms with Crippen LogP contribution in [0.5, 0.6) is 0 Å². The number of aliphatic hydroxyl groups excluding tert-OH is 1. The van der Waals surface area contributed by atoms with E-state index in [1.54, 1.807) is 6.92 Å². The van der Waals surface area contributed by atoms with Crippen LogP contribution < -0.4 is 11.2 Å². The highest BCUT2D eigenvalue weighted by atomic mass is 16.6. The lowest BCUT2D eigenvalue weighted by molar-refractivity contribution is -0.182. The summed E-state index contributed by atoms with van der Waals surface area (Å²) < 4.78 is 12.5. The average Bonchev–Trinajstić information content (AvgIpc) is 2.65. The van der Waals surface area contributed by atoms with Crippen molar-refractivity contribution in [3.8, 4) is 0 Å². The van der Waals surface area contributed by atoms with Crippen LogP contribution in [-0.4, -0.2) is 44.9 Å². The van der Waals surface area contributed by atoms with Crippen LogP contribution in [0.2, 0.25) is 0 Å². The van der Waals surface area contributed by atoms with Crippen LogP contribution >= 0.6 is 0 Å². The van der Waals surface area contributed by atoms with Gasteiger partial charge in [-0.25, -0.2) is 4.79 Å². The highest BCUT2D eigenvalue weighted by molar-refractivity contribution is 5.02. The van der Waals surface area contributed by atoms with Gasteiger partial charge in [-0.2, -0.15) is 0 Å². The number of aromatic nitrogens is 2. The second-order valence-corrected chi connectivity index (χ2v) is 5.21. The van der Waals surface area contributed by atoms with Gasteiger partial charge in [0.1, 0.15) is 6.23 Å². The molecule has 2 bridgehead atoms. The van der Waals surface area contributed by atoms with E-state index >= 15 is 0 Å². The van der Waals surface area contributed by atoms with Gasteiger partial charge in [0.05, 0.1) is 24.7 Å². The molecule has 4 atom stereocenters. The van der Waals surface area contributed by atoms with Crippen molar-refractivity contribution in [2.45, 2.75) is 38.1 Å². The largest absolute Gasteiger partial charge is 0.375 e. The van der Waals surface area contributed by atoms with E-state index < -0.39 is 35.8 Å². The maximum absolute atomic E-state index is 11.8. The summed E-state index contributed by atoms with van der Waals surface area (Å²) >= 11 is 0. The Morgan fingerprint density at radius 3 is 2.80 bits per heavy atom. The number of hydrogen-bond donors (Lipinski definition) is 3. The molecule has 20 heavy (non-hydrogen) atoms. The van der Waals surface area contributed by atoms with Crippen LogP contribution in [0.1, 0.15) is 18.2 Å². The summed E-state index contributed by atoms with van der Waals surface area (Å²) in [6.45, 7) is 1.86. The minimum absolute atomic E-state index is 0.264. The summed E-state index contributed by atoms with van der Waals surface area (Å²) in [4.78, 5) is 25.4. The summed E-state index contributed by atoms with van der Waals surface area (Å²) in [5.41, 5.74) is -0.566. The van der Waals surface area contributed by atoms with Crippen molar-refractivity contribution in [2.75, 3.05) is 6.61 Å². The number of aromatic amines is 1. The van der Waals surface area contributed by atoms with Crippen molar-refractivity contribution in [3.63, 3.8) is 0 Å². The number of H-pyrrole nitrogens is 1. The Labute approximate surface area is 113 Å². The van der Waals surface area contributed by atoms with Gasteiger partial charge in [0.25, 0.3) is 5.56 Å². The van der Waals surface area contributed by atoms with E-state index in [2.05, 4.69) is 4.98 Å². The molecule has 2 aliphatic heterocycles. The number of aryl methyl sites for hydroxylation is 1. The smallest absolute Gasteiger partial charge is 0.330 e. The summed E-state index contributed by atoms with van der Waals surface area (Å²) in [5, 5.41) is 18.7. The minimum Gasteiger partial charge on any atom is -0.375 e. The zero-order chi connectivity index (χ0) is 14.4. The highest BCUT2D eigenvalue weighted by Gasteiger charge is 2.48. The number of rotatable bonds is 2. The second kappa shape index (κ2) is 4.81. The molecule has 2 aliphatic rings. The molecular weight excluding hydrogens is 268 g/mol. The van der Waals surface area contributed by atoms with Crippen molar-refractivity contribution in [3.05, 3.63) is 32.6 Å². The van der Waals surface area contributed by atoms with Gasteiger partial charge >= 0.3 is 5.69 Å². The number of hydrogen-bond acceptors (Lipinski definition) is 6. The molecule has 3 N–H and O–H groups in total. The fourth-order valence-electron chi connectivity index (χ4n) is 2.85. The molecule has 3 rings (SSSR count). The molecule has 0 saturated carbocycles. The normalized spacial score (nSPS) is 32.8. The molecule has 3 heterocycles. The molecule has 0 amide bonds. The molecule has 2 fully saturated rings. The van der Waals surface area contributed by atoms with Gasteiger partial charge in [-0.1, -0.05) is 0 Å². The highest BCUT2D eigenvalue weighted by Crippen LogP contribution is 2.39. The lowest BCUT2D eigenvalue weighted by Crippen LogP contribution is -2.46. The Balaban J connectivity index is 1.90. The fraction of sp³-hybridized carbons (Fsp3) is 0.667. The third-order valence-corrected chi connectivity index (χ3v) is 3.90. The van der Waals surface area contributed by atoms with Crippen molar-refractivity contribution in [1.82, 2.24) is 9.55 Å². The quantitative estimate of drug-likeness (QED) is 0.567. The van der Waals surface area contributed by atoms with E-state index in [0.717, 1.165) is 0 Å². The van der Waals surface area contributed by atoms with Gasteiger partial charge in [-0.15, -0.1) is 0 Å². The number of nitrogens with zero attached hydrogens (tertiary/aromatic N) is 1. The maximum Gasteiger partial charge on any atom is 0.330 e. The van der Waals surface area contributed by atoms with Crippen LogP contribution in [-0.2, 0) is 9.47 Å². The van der Waals surface area contributed by atoms with Gasteiger partial charge < -0.3 is 19.7 Å². The van der Waals surface area contributed by atoms with E-state index in [1.807, 2.05) is 0 Å². The molecular formula is C12H16N2O6. The molecule has 1 aromatic heterocycles. The third-order valence-electron chi connectivity index (χ3n) is 3.90. The molecule has 0 aromatic carbocycles. The van der Waals surface area contributed by atoms with Crippen LogP contribution in [0.25, 0.3) is 0 Å². The summed E-state index contributed by atoms with van der Waals surface area (Å²) in [6, 6.07) is 0. The minimum atomic E-state index is -1.51. The van der Waals surface area contributed by atoms with Gasteiger partial charge in [-0.05, 0) is 6.92 Å². The Hall–Kier alpha value is -1.48. The Morgan fingerprint density at radius 2 is 2.15 bits per heavy atom. The number of aliphatic hydroxyl groups is 2. The van der Waals surface area contributed by atoms with Crippen molar-refractivity contribution >= 4 is 0 Å². The molecule has 0 aliphatic carbocycles. The van der Waals surface area contributed by atoms with Crippen LogP contribution in [0.4, 0.5) is 0 Å². The third kappa shape index (κ3) is 2.10. The Bertz CT molecular complexity index is 607. The molecule has 2 saturated heterocycles. The van der Waals surface area contributed by atoms with Gasteiger partial charge in [-0.3, -0.25) is 14.3 Å². The summed E-state index contributed by atoms with van der Waals surface area (Å²) in [5.74, 6) is -0.509. The van der Waals surface area contributed by atoms with E-state index in [1.165, 1.54) is 10.8 Å². The van der Waals surface area contributed by atoms with Crippen LogP contribution in [0.3, 0.4) is 0 Å². The maximum atomic E-state index is 11.8. The number of fused-ring (bicyclic) bond motifs is 2. The standard InChI is InChI=1S/C12H16N2O6/c1-5-3-14(12(18)13-10(5)15)8-2-6-9(11(16)17)7(20-8)4-19-6/h3,6-9,11,16-17H,2,4H2,1H3,(H,13,15,18). The molecule has 4 unspecified atom stereocenters. The predicted octanol–water partition coefficient (Wildman–Crippen LogP) is -1.54. The van der Waals surface area contributed by atoms with Crippen molar-refractivity contribution < 1.29 is 19.7 Å². The van der Waals surface area contributed by atoms with E-state index in [4.69, 9.17) is 9.47 Å². The first-order chi connectivity index (χ1) is 9.47.